The molecule has 2 aliphatic rings. The molecule has 2 unspecified atom stereocenters. The minimum atomic E-state index is -0.368. The van der Waals surface area contributed by atoms with Gasteiger partial charge in [0.05, 0.1) is 5.37 Å². The highest BCUT2D eigenvalue weighted by Crippen LogP contribution is 2.39. The second kappa shape index (κ2) is 9.06. The van der Waals surface area contributed by atoms with Gasteiger partial charge in [0.25, 0.3) is 0 Å². The average Bonchev–Trinajstić information content (AvgIpc) is 3.37. The molecule has 2 fully saturated rings. The molecule has 1 heterocycles. The Bertz CT molecular complexity index is 709. The lowest BCUT2D eigenvalue weighted by molar-refractivity contribution is -0.141. The molecule has 1 N–H and O–H groups in total. The van der Waals surface area contributed by atoms with Crippen LogP contribution in [-0.2, 0) is 16.0 Å². The lowest BCUT2D eigenvalue weighted by atomic mass is 10.1. The van der Waals surface area contributed by atoms with Crippen LogP contribution in [0.1, 0.15) is 38.7 Å². The van der Waals surface area contributed by atoms with Gasteiger partial charge in [-0.1, -0.05) is 43.1 Å². The van der Waals surface area contributed by atoms with Crippen LogP contribution >= 0.6 is 35.0 Å². The molecule has 1 saturated heterocycles. The van der Waals surface area contributed by atoms with E-state index in [4.69, 9.17) is 23.2 Å². The Hall–Kier alpha value is -0.910. The third-order valence-corrected chi connectivity index (χ3v) is 6.86. The van der Waals surface area contributed by atoms with Crippen molar-refractivity contribution in [2.24, 2.45) is 11.8 Å². The Kier molecular flexibility index (Phi) is 6.98. The summed E-state index contributed by atoms with van der Waals surface area (Å²) in [5.74, 6) is 1.38. The molecule has 148 valence electrons. The summed E-state index contributed by atoms with van der Waals surface area (Å²) in [5.41, 5.74) is 0.950. The fourth-order valence-electron chi connectivity index (χ4n) is 3.35. The fraction of sp³-hybridized carbons (Fsp3) is 0.600. The zero-order chi connectivity index (χ0) is 19.6. The first kappa shape index (κ1) is 20.8. The van der Waals surface area contributed by atoms with E-state index in [1.807, 2.05) is 11.0 Å². The van der Waals surface area contributed by atoms with E-state index in [1.54, 1.807) is 23.9 Å². The minimum Gasteiger partial charge on any atom is -0.354 e. The lowest BCUT2D eigenvalue weighted by Crippen LogP contribution is -2.50. The van der Waals surface area contributed by atoms with Gasteiger partial charge in [-0.05, 0) is 49.3 Å². The van der Waals surface area contributed by atoms with E-state index in [0.29, 0.717) is 34.7 Å². The standard InChI is InChI=1S/C20H26Cl2N2O2S/c1-12(2)9-18-24(20(26)14-3-4-14)17(11-27-18)19(25)23-8-7-13-5-6-15(21)10-16(13)22/h5-6,10,12,14,17-18H,3-4,7-9,11H2,1-2H3,(H,23,25). The molecule has 3 rings (SSSR count). The van der Waals surface area contributed by atoms with Crippen LogP contribution in [0.15, 0.2) is 18.2 Å². The Labute approximate surface area is 175 Å². The number of hydrogen-bond acceptors (Lipinski definition) is 3. The number of nitrogens with one attached hydrogen (secondary N) is 1. The average molecular weight is 429 g/mol. The van der Waals surface area contributed by atoms with Crippen LogP contribution in [0.25, 0.3) is 0 Å². The SMILES string of the molecule is CC(C)CC1SCC(C(=O)NCCc2ccc(Cl)cc2Cl)N1C(=O)C1CC1. The second-order valence-electron chi connectivity index (χ2n) is 7.73. The molecule has 1 aromatic carbocycles. The van der Waals surface area contributed by atoms with Gasteiger partial charge in [-0.2, -0.15) is 0 Å². The first-order valence-electron chi connectivity index (χ1n) is 9.52. The summed E-state index contributed by atoms with van der Waals surface area (Å²) in [5, 5.41) is 4.31. The molecule has 4 nitrogen and oxygen atoms in total. The maximum absolute atomic E-state index is 12.8. The molecule has 0 aromatic heterocycles. The van der Waals surface area contributed by atoms with Crippen LogP contribution in [-0.4, -0.2) is 40.4 Å². The number of carbonyl (C=O) groups excluding carboxylic acids is 2. The van der Waals surface area contributed by atoms with Crippen LogP contribution < -0.4 is 5.32 Å². The summed E-state index contributed by atoms with van der Waals surface area (Å²) in [4.78, 5) is 27.4. The summed E-state index contributed by atoms with van der Waals surface area (Å²) >= 11 is 13.8. The summed E-state index contributed by atoms with van der Waals surface area (Å²) in [6, 6.07) is 5.02. The maximum atomic E-state index is 12.8. The highest BCUT2D eigenvalue weighted by molar-refractivity contribution is 8.00. The van der Waals surface area contributed by atoms with Crippen LogP contribution in [0.4, 0.5) is 0 Å². The van der Waals surface area contributed by atoms with Gasteiger partial charge in [0, 0.05) is 28.3 Å². The van der Waals surface area contributed by atoms with Crippen molar-refractivity contribution in [3.63, 3.8) is 0 Å². The van der Waals surface area contributed by atoms with Crippen molar-refractivity contribution in [3.05, 3.63) is 33.8 Å². The van der Waals surface area contributed by atoms with Gasteiger partial charge in [0.1, 0.15) is 6.04 Å². The molecule has 0 spiro atoms. The molecule has 2 amide bonds. The Balaban J connectivity index is 1.59. The quantitative estimate of drug-likeness (QED) is 0.700. The molecule has 0 radical (unpaired) electrons. The van der Waals surface area contributed by atoms with Crippen molar-refractivity contribution in [1.82, 2.24) is 10.2 Å². The van der Waals surface area contributed by atoms with Crippen molar-refractivity contribution in [1.29, 1.82) is 0 Å². The summed E-state index contributed by atoms with van der Waals surface area (Å²) in [6.07, 6.45) is 3.47. The number of halogens is 2. The first-order valence-corrected chi connectivity index (χ1v) is 11.3. The number of rotatable bonds is 7. The van der Waals surface area contributed by atoms with E-state index in [0.717, 1.165) is 24.8 Å². The van der Waals surface area contributed by atoms with Gasteiger partial charge in [0.2, 0.25) is 11.8 Å². The van der Waals surface area contributed by atoms with Crippen LogP contribution in [0, 0.1) is 11.8 Å². The zero-order valence-corrected chi connectivity index (χ0v) is 18.0. The van der Waals surface area contributed by atoms with E-state index in [2.05, 4.69) is 19.2 Å². The van der Waals surface area contributed by atoms with Crippen molar-refractivity contribution >= 4 is 46.8 Å². The lowest BCUT2D eigenvalue weighted by Gasteiger charge is -2.30. The van der Waals surface area contributed by atoms with Crippen LogP contribution in [0.3, 0.4) is 0 Å². The normalized spacial score (nSPS) is 22.3. The number of nitrogens with zero attached hydrogens (tertiary/aromatic N) is 1. The van der Waals surface area contributed by atoms with E-state index in [1.165, 1.54) is 0 Å². The van der Waals surface area contributed by atoms with Gasteiger partial charge in [-0.3, -0.25) is 9.59 Å². The molecule has 1 aliphatic carbocycles. The smallest absolute Gasteiger partial charge is 0.243 e. The third kappa shape index (κ3) is 5.33. The zero-order valence-electron chi connectivity index (χ0n) is 15.7. The third-order valence-electron chi connectivity index (χ3n) is 4.96. The van der Waals surface area contributed by atoms with E-state index in [9.17, 15) is 9.59 Å². The molecule has 27 heavy (non-hydrogen) atoms. The highest BCUT2D eigenvalue weighted by Gasteiger charge is 2.45. The second-order valence-corrected chi connectivity index (χ2v) is 9.78. The van der Waals surface area contributed by atoms with E-state index < -0.39 is 0 Å². The van der Waals surface area contributed by atoms with Gasteiger partial charge >= 0.3 is 0 Å². The predicted molar refractivity (Wildman–Crippen MR) is 112 cm³/mol. The van der Waals surface area contributed by atoms with Gasteiger partial charge in [0.15, 0.2) is 0 Å². The molecular weight excluding hydrogens is 403 g/mol. The van der Waals surface area contributed by atoms with Crippen molar-refractivity contribution < 1.29 is 9.59 Å². The molecule has 1 saturated carbocycles. The first-order chi connectivity index (χ1) is 12.9. The molecule has 1 aliphatic heterocycles. The highest BCUT2D eigenvalue weighted by atomic mass is 35.5. The largest absolute Gasteiger partial charge is 0.354 e. The molecule has 7 heteroatoms. The van der Waals surface area contributed by atoms with Crippen LogP contribution in [0.2, 0.25) is 10.0 Å². The Morgan fingerprint density at radius 2 is 2.04 bits per heavy atom. The van der Waals surface area contributed by atoms with Gasteiger partial charge in [-0.15, -0.1) is 11.8 Å². The van der Waals surface area contributed by atoms with Gasteiger partial charge in [-0.25, -0.2) is 0 Å². The van der Waals surface area contributed by atoms with E-state index >= 15 is 0 Å². The number of carbonyl (C=O) groups is 2. The van der Waals surface area contributed by atoms with Crippen LogP contribution in [0.5, 0.6) is 0 Å². The minimum absolute atomic E-state index is 0.0622. The number of amides is 2. The van der Waals surface area contributed by atoms with Crippen molar-refractivity contribution in [2.75, 3.05) is 12.3 Å². The number of benzene rings is 1. The topological polar surface area (TPSA) is 49.4 Å². The summed E-state index contributed by atoms with van der Waals surface area (Å²) in [6.45, 7) is 4.80. The molecule has 0 bridgehead atoms. The predicted octanol–water partition coefficient (Wildman–Crippen LogP) is 4.38. The van der Waals surface area contributed by atoms with Gasteiger partial charge < -0.3 is 10.2 Å². The van der Waals surface area contributed by atoms with E-state index in [-0.39, 0.29) is 29.1 Å². The monoisotopic (exact) mass is 428 g/mol. The fourth-order valence-corrected chi connectivity index (χ4v) is 5.50. The maximum Gasteiger partial charge on any atom is 0.243 e. The number of hydrogen-bond donors (Lipinski definition) is 1. The summed E-state index contributed by atoms with van der Waals surface area (Å²) < 4.78 is 0. The summed E-state index contributed by atoms with van der Waals surface area (Å²) in [7, 11) is 0. The van der Waals surface area contributed by atoms with Crippen molar-refractivity contribution in [2.45, 2.75) is 50.9 Å². The van der Waals surface area contributed by atoms with Crippen molar-refractivity contribution in [3.8, 4) is 0 Å². The molecule has 1 aromatic rings. The Morgan fingerprint density at radius 1 is 1.30 bits per heavy atom. The Morgan fingerprint density at radius 3 is 2.67 bits per heavy atom. The number of thioether (sulfide) groups is 1. The molecular formula is C20H26Cl2N2O2S. The molecule has 2 atom stereocenters.